The molecule has 1 fully saturated rings. The molecule has 0 radical (unpaired) electrons. The van der Waals surface area contributed by atoms with Crippen molar-refractivity contribution in [2.24, 2.45) is 0 Å². The van der Waals surface area contributed by atoms with Gasteiger partial charge in [0.05, 0.1) is 0 Å². The fourth-order valence-corrected chi connectivity index (χ4v) is 2.78. The summed E-state index contributed by atoms with van der Waals surface area (Å²) in [6.45, 7) is 0.999. The zero-order valence-electron chi connectivity index (χ0n) is 10.3. The second-order valence-corrected chi connectivity index (χ2v) is 5.83. The lowest BCUT2D eigenvalue weighted by molar-refractivity contribution is 0.528. The minimum absolute atomic E-state index is 0.614. The van der Waals surface area contributed by atoms with E-state index in [0.717, 1.165) is 11.7 Å². The molecule has 0 aromatic rings. The summed E-state index contributed by atoms with van der Waals surface area (Å²) in [4.78, 5) is 0. The SMILES string of the molecule is CSCCCNC(=S)NC1CCCCCC1. The summed E-state index contributed by atoms with van der Waals surface area (Å²) in [5.74, 6) is 1.21. The van der Waals surface area contributed by atoms with Gasteiger partial charge >= 0.3 is 0 Å². The molecule has 1 aliphatic carbocycles. The maximum atomic E-state index is 5.30. The zero-order chi connectivity index (χ0) is 11.6. The van der Waals surface area contributed by atoms with E-state index in [4.69, 9.17) is 12.2 Å². The van der Waals surface area contributed by atoms with E-state index in [0.29, 0.717) is 6.04 Å². The minimum Gasteiger partial charge on any atom is -0.363 e. The van der Waals surface area contributed by atoms with Gasteiger partial charge in [0.15, 0.2) is 5.11 Å². The van der Waals surface area contributed by atoms with Crippen molar-refractivity contribution in [1.29, 1.82) is 0 Å². The van der Waals surface area contributed by atoms with Crippen molar-refractivity contribution in [3.05, 3.63) is 0 Å². The molecule has 4 heteroatoms. The van der Waals surface area contributed by atoms with Crippen LogP contribution in [0.4, 0.5) is 0 Å². The Bertz CT molecular complexity index is 189. The molecule has 0 atom stereocenters. The molecule has 1 saturated carbocycles. The van der Waals surface area contributed by atoms with Crippen LogP contribution in [0.2, 0.25) is 0 Å². The van der Waals surface area contributed by atoms with Crippen LogP contribution in [0, 0.1) is 0 Å². The predicted molar refractivity (Wildman–Crippen MR) is 78.2 cm³/mol. The van der Waals surface area contributed by atoms with Crippen molar-refractivity contribution < 1.29 is 0 Å². The second kappa shape index (κ2) is 9.11. The van der Waals surface area contributed by atoms with E-state index < -0.39 is 0 Å². The monoisotopic (exact) mass is 260 g/mol. The molecule has 2 N–H and O–H groups in total. The summed E-state index contributed by atoms with van der Waals surface area (Å²) in [5, 5.41) is 7.60. The van der Waals surface area contributed by atoms with Gasteiger partial charge in [0, 0.05) is 12.6 Å². The van der Waals surface area contributed by atoms with E-state index in [2.05, 4.69) is 16.9 Å². The molecule has 0 aromatic heterocycles. The van der Waals surface area contributed by atoms with Crippen LogP contribution in [0.15, 0.2) is 0 Å². The van der Waals surface area contributed by atoms with Crippen LogP contribution in [0.5, 0.6) is 0 Å². The summed E-state index contributed by atoms with van der Waals surface area (Å²) in [6, 6.07) is 0.614. The predicted octanol–water partition coefficient (Wildman–Crippen LogP) is 2.93. The van der Waals surface area contributed by atoms with Crippen molar-refractivity contribution >= 4 is 29.1 Å². The van der Waals surface area contributed by atoms with Crippen molar-refractivity contribution in [2.45, 2.75) is 51.0 Å². The van der Waals surface area contributed by atoms with Gasteiger partial charge in [-0.05, 0) is 43.5 Å². The number of rotatable bonds is 5. The van der Waals surface area contributed by atoms with Gasteiger partial charge in [-0.15, -0.1) is 0 Å². The van der Waals surface area contributed by atoms with Crippen LogP contribution < -0.4 is 10.6 Å². The van der Waals surface area contributed by atoms with Crippen molar-refractivity contribution in [3.8, 4) is 0 Å². The first-order valence-electron chi connectivity index (χ1n) is 6.36. The van der Waals surface area contributed by atoms with Crippen LogP contribution in [0.1, 0.15) is 44.9 Å². The molecule has 94 valence electrons. The Labute approximate surface area is 109 Å². The fraction of sp³-hybridized carbons (Fsp3) is 0.917. The molecule has 0 aromatic carbocycles. The summed E-state index contributed by atoms with van der Waals surface area (Å²) in [6.07, 6.45) is 11.4. The van der Waals surface area contributed by atoms with Crippen LogP contribution in [0.3, 0.4) is 0 Å². The van der Waals surface area contributed by atoms with Crippen molar-refractivity contribution in [2.75, 3.05) is 18.6 Å². The molecule has 0 saturated heterocycles. The number of thioether (sulfide) groups is 1. The standard InChI is InChI=1S/C12H24N2S2/c1-16-10-6-9-13-12(15)14-11-7-4-2-3-5-8-11/h11H,2-10H2,1H3,(H2,13,14,15). The fourth-order valence-electron chi connectivity index (χ4n) is 2.08. The lowest BCUT2D eigenvalue weighted by Crippen LogP contribution is -2.42. The van der Waals surface area contributed by atoms with Gasteiger partial charge in [-0.2, -0.15) is 11.8 Å². The highest BCUT2D eigenvalue weighted by atomic mass is 32.2. The number of thiocarbonyl (C=S) groups is 1. The topological polar surface area (TPSA) is 24.1 Å². The molecule has 0 aliphatic heterocycles. The highest BCUT2D eigenvalue weighted by molar-refractivity contribution is 7.98. The van der Waals surface area contributed by atoms with E-state index >= 15 is 0 Å². The Morgan fingerprint density at radius 2 is 1.94 bits per heavy atom. The van der Waals surface area contributed by atoms with Crippen LogP contribution in [-0.2, 0) is 0 Å². The third kappa shape index (κ3) is 6.59. The molecule has 0 spiro atoms. The summed E-state index contributed by atoms with van der Waals surface area (Å²) in [7, 11) is 0. The van der Waals surface area contributed by atoms with Crippen molar-refractivity contribution in [1.82, 2.24) is 10.6 Å². The highest BCUT2D eigenvalue weighted by Crippen LogP contribution is 2.16. The molecule has 1 rings (SSSR count). The number of hydrogen-bond acceptors (Lipinski definition) is 2. The molecule has 0 heterocycles. The zero-order valence-corrected chi connectivity index (χ0v) is 11.9. The number of hydrogen-bond donors (Lipinski definition) is 2. The average molecular weight is 260 g/mol. The third-order valence-electron chi connectivity index (χ3n) is 3.00. The van der Waals surface area contributed by atoms with Gasteiger partial charge in [-0.25, -0.2) is 0 Å². The van der Waals surface area contributed by atoms with E-state index in [9.17, 15) is 0 Å². The van der Waals surface area contributed by atoms with Gasteiger partial charge in [0.1, 0.15) is 0 Å². The van der Waals surface area contributed by atoms with Crippen LogP contribution >= 0.6 is 24.0 Å². The van der Waals surface area contributed by atoms with E-state index in [1.165, 1.54) is 50.7 Å². The normalized spacial score (nSPS) is 17.8. The Hall–Kier alpha value is 0.0400. The van der Waals surface area contributed by atoms with Gasteiger partial charge in [0.25, 0.3) is 0 Å². The van der Waals surface area contributed by atoms with Crippen LogP contribution in [0.25, 0.3) is 0 Å². The molecule has 1 aliphatic rings. The average Bonchev–Trinajstić information content (AvgIpc) is 2.53. The quantitative estimate of drug-likeness (QED) is 0.451. The first-order chi connectivity index (χ1) is 7.83. The lowest BCUT2D eigenvalue weighted by atomic mass is 10.1. The maximum Gasteiger partial charge on any atom is 0.166 e. The highest BCUT2D eigenvalue weighted by Gasteiger charge is 2.12. The molecule has 2 nitrogen and oxygen atoms in total. The lowest BCUT2D eigenvalue weighted by Gasteiger charge is -2.18. The second-order valence-electron chi connectivity index (χ2n) is 4.44. The Morgan fingerprint density at radius 1 is 1.25 bits per heavy atom. The smallest absolute Gasteiger partial charge is 0.166 e. The molecule has 0 bridgehead atoms. The summed E-state index contributed by atoms with van der Waals surface area (Å²) < 4.78 is 0. The van der Waals surface area contributed by atoms with E-state index in [1.54, 1.807) is 0 Å². The summed E-state index contributed by atoms with van der Waals surface area (Å²) in [5.41, 5.74) is 0. The molecular weight excluding hydrogens is 236 g/mol. The van der Waals surface area contributed by atoms with Gasteiger partial charge in [-0.3, -0.25) is 0 Å². The Morgan fingerprint density at radius 3 is 2.56 bits per heavy atom. The number of nitrogens with one attached hydrogen (secondary N) is 2. The van der Waals surface area contributed by atoms with Gasteiger partial charge in [-0.1, -0.05) is 25.7 Å². The molecule has 16 heavy (non-hydrogen) atoms. The Balaban J connectivity index is 2.07. The van der Waals surface area contributed by atoms with Gasteiger partial charge in [0.2, 0.25) is 0 Å². The minimum atomic E-state index is 0.614. The molecular formula is C12H24N2S2. The molecule has 0 amide bonds. The van der Waals surface area contributed by atoms with Crippen molar-refractivity contribution in [3.63, 3.8) is 0 Å². The maximum absolute atomic E-state index is 5.30. The third-order valence-corrected chi connectivity index (χ3v) is 3.96. The first kappa shape index (κ1) is 14.1. The van der Waals surface area contributed by atoms with E-state index in [1.807, 2.05) is 11.8 Å². The Kier molecular flexibility index (Phi) is 8.03. The summed E-state index contributed by atoms with van der Waals surface area (Å²) >= 11 is 7.19. The molecule has 0 unspecified atom stereocenters. The first-order valence-corrected chi connectivity index (χ1v) is 8.16. The van der Waals surface area contributed by atoms with Gasteiger partial charge < -0.3 is 10.6 Å². The van der Waals surface area contributed by atoms with Crippen LogP contribution in [-0.4, -0.2) is 29.7 Å². The van der Waals surface area contributed by atoms with E-state index in [-0.39, 0.29) is 0 Å². The largest absolute Gasteiger partial charge is 0.363 e.